The zero-order valence-corrected chi connectivity index (χ0v) is 23.7. The average molecular weight is 590 g/mol. The van der Waals surface area contributed by atoms with Crippen molar-refractivity contribution in [3.05, 3.63) is 64.9 Å². The van der Waals surface area contributed by atoms with Crippen molar-refractivity contribution in [1.29, 1.82) is 0 Å². The highest BCUT2D eigenvalue weighted by molar-refractivity contribution is 8.01. The maximum Gasteiger partial charge on any atom is 0.258 e. The van der Waals surface area contributed by atoms with Gasteiger partial charge in [0.15, 0.2) is 21.9 Å². The van der Waals surface area contributed by atoms with Gasteiger partial charge in [0.05, 0.1) is 12.3 Å². The first kappa shape index (κ1) is 27.9. The minimum atomic E-state index is -0.315. The molecule has 0 saturated heterocycles. The zero-order valence-electron chi connectivity index (χ0n) is 20.5. The molecule has 10 nitrogen and oxygen atoms in total. The lowest BCUT2D eigenvalue weighted by Gasteiger charge is -2.12. The third-order valence-corrected chi connectivity index (χ3v) is 7.88. The first-order valence-corrected chi connectivity index (χ1v) is 14.6. The van der Waals surface area contributed by atoms with Crippen LogP contribution in [0.4, 0.5) is 5.13 Å². The monoisotopic (exact) mass is 589 g/mol. The Morgan fingerprint density at radius 1 is 1.05 bits per heavy atom. The highest BCUT2D eigenvalue weighted by Gasteiger charge is 2.18. The number of carbonyl (C=O) groups is 2. The van der Waals surface area contributed by atoms with Gasteiger partial charge in [-0.2, -0.15) is 0 Å². The number of anilines is 1. The van der Waals surface area contributed by atoms with Crippen LogP contribution in [0, 0.1) is 6.92 Å². The van der Waals surface area contributed by atoms with Crippen LogP contribution in [0.25, 0.3) is 5.69 Å². The van der Waals surface area contributed by atoms with E-state index in [1.165, 1.54) is 23.1 Å². The Kier molecular flexibility index (Phi) is 9.98. The van der Waals surface area contributed by atoms with Gasteiger partial charge in [-0.3, -0.25) is 19.5 Å². The van der Waals surface area contributed by atoms with Crippen LogP contribution >= 0.6 is 46.5 Å². The molecule has 0 bridgehead atoms. The summed E-state index contributed by atoms with van der Waals surface area (Å²) in [5.74, 6) is 1.49. The molecule has 0 unspecified atom stereocenters. The number of ether oxygens (including phenoxy) is 1. The van der Waals surface area contributed by atoms with E-state index < -0.39 is 0 Å². The Labute approximate surface area is 236 Å². The van der Waals surface area contributed by atoms with E-state index in [4.69, 9.17) is 16.3 Å². The number of carbonyl (C=O) groups excluding carboxylic acids is 2. The number of nitrogens with one attached hydrogen (secondary N) is 2. The second-order valence-corrected chi connectivity index (χ2v) is 11.6. The van der Waals surface area contributed by atoms with E-state index >= 15 is 0 Å². The summed E-state index contributed by atoms with van der Waals surface area (Å²) in [4.78, 5) is 25.0. The van der Waals surface area contributed by atoms with Gasteiger partial charge in [-0.25, -0.2) is 0 Å². The third kappa shape index (κ3) is 7.93. The van der Waals surface area contributed by atoms with Gasteiger partial charge in [0.1, 0.15) is 5.75 Å². The van der Waals surface area contributed by atoms with Gasteiger partial charge in [-0.05, 0) is 54.6 Å². The second kappa shape index (κ2) is 13.6. The summed E-state index contributed by atoms with van der Waals surface area (Å²) in [7, 11) is 0. The van der Waals surface area contributed by atoms with Crippen molar-refractivity contribution in [2.45, 2.75) is 29.9 Å². The lowest BCUT2D eigenvalue weighted by atomic mass is 10.2. The maximum absolute atomic E-state index is 12.5. The van der Waals surface area contributed by atoms with Crippen LogP contribution in [0.15, 0.2) is 58.0 Å². The zero-order chi connectivity index (χ0) is 26.9. The molecule has 0 saturated carbocycles. The van der Waals surface area contributed by atoms with E-state index in [1.807, 2.05) is 42.7 Å². The first-order chi connectivity index (χ1) is 18.4. The summed E-state index contributed by atoms with van der Waals surface area (Å²) in [5, 5.41) is 23.8. The molecule has 0 aliphatic rings. The van der Waals surface area contributed by atoms with Crippen LogP contribution in [0.3, 0.4) is 0 Å². The molecule has 4 rings (SSSR count). The molecule has 14 heteroatoms. The largest absolute Gasteiger partial charge is 0.484 e. The van der Waals surface area contributed by atoms with Crippen LogP contribution in [-0.4, -0.2) is 54.9 Å². The van der Waals surface area contributed by atoms with Crippen molar-refractivity contribution in [1.82, 2.24) is 30.3 Å². The number of nitrogens with zero attached hydrogens (tertiary/aromatic N) is 5. The van der Waals surface area contributed by atoms with E-state index in [0.717, 1.165) is 21.3 Å². The van der Waals surface area contributed by atoms with Crippen molar-refractivity contribution in [2.75, 3.05) is 23.4 Å². The normalized spacial score (nSPS) is 10.8. The van der Waals surface area contributed by atoms with E-state index in [9.17, 15) is 9.59 Å². The summed E-state index contributed by atoms with van der Waals surface area (Å²) in [5.41, 5.74) is 1.87. The van der Waals surface area contributed by atoms with E-state index in [2.05, 4.69) is 31.0 Å². The lowest BCUT2D eigenvalue weighted by Crippen LogP contribution is -2.29. The number of amides is 2. The number of benzene rings is 2. The van der Waals surface area contributed by atoms with Crippen molar-refractivity contribution in [3.63, 3.8) is 0 Å². The molecule has 2 amide bonds. The highest BCUT2D eigenvalue weighted by atomic mass is 35.5. The lowest BCUT2D eigenvalue weighted by molar-refractivity contribution is -0.123. The van der Waals surface area contributed by atoms with Crippen LogP contribution < -0.4 is 15.4 Å². The number of hydrogen-bond acceptors (Lipinski definition) is 10. The average Bonchev–Trinajstić information content (AvgIpc) is 3.52. The molecule has 2 aromatic carbocycles. The van der Waals surface area contributed by atoms with Crippen LogP contribution in [-0.2, 0) is 16.1 Å². The van der Waals surface area contributed by atoms with Gasteiger partial charge in [0, 0.05) is 10.7 Å². The van der Waals surface area contributed by atoms with Crippen LogP contribution in [0.5, 0.6) is 5.75 Å². The molecule has 2 heterocycles. The molecule has 2 aromatic heterocycles. The highest BCUT2D eigenvalue weighted by Crippen LogP contribution is 2.26. The standard InChI is InChI=1S/C24H24ClN7O3S3/c1-3-36-24-31-29-22(38-24)27-21(34)14-37-23-30-28-19(32(23)17-6-4-5-15(2)11-17)12-26-20(33)13-35-18-9-7-16(25)8-10-18/h4-11H,3,12-14H2,1-2H3,(H,26,33)(H,27,29,34). The Morgan fingerprint density at radius 3 is 2.63 bits per heavy atom. The topological polar surface area (TPSA) is 124 Å². The summed E-state index contributed by atoms with van der Waals surface area (Å²) in [6.07, 6.45) is 0. The van der Waals surface area contributed by atoms with Crippen molar-refractivity contribution in [2.24, 2.45) is 0 Å². The molecule has 0 atom stereocenters. The molecule has 2 N–H and O–H groups in total. The molecular formula is C24H24ClN7O3S3. The SMILES string of the molecule is CCSc1nnc(NC(=O)CSc2nnc(CNC(=O)COc3ccc(Cl)cc3)n2-c2cccc(C)c2)s1. The first-order valence-electron chi connectivity index (χ1n) is 11.5. The molecule has 0 spiro atoms. The fourth-order valence-corrected chi connectivity index (χ4v) is 5.73. The molecule has 0 fully saturated rings. The summed E-state index contributed by atoms with van der Waals surface area (Å²) < 4.78 is 8.13. The van der Waals surface area contributed by atoms with Gasteiger partial charge in [0.25, 0.3) is 5.91 Å². The van der Waals surface area contributed by atoms with Crippen molar-refractivity contribution < 1.29 is 14.3 Å². The van der Waals surface area contributed by atoms with E-state index in [1.54, 1.807) is 36.0 Å². The minimum absolute atomic E-state index is 0.0983. The van der Waals surface area contributed by atoms with Gasteiger partial charge in [0.2, 0.25) is 11.0 Å². The summed E-state index contributed by atoms with van der Waals surface area (Å²) in [6.45, 7) is 3.97. The van der Waals surface area contributed by atoms with E-state index in [-0.39, 0.29) is 30.7 Å². The van der Waals surface area contributed by atoms with Crippen LogP contribution in [0.2, 0.25) is 5.02 Å². The number of aromatic nitrogens is 5. The molecule has 198 valence electrons. The molecule has 4 aromatic rings. The Morgan fingerprint density at radius 2 is 1.87 bits per heavy atom. The van der Waals surface area contributed by atoms with E-state index in [0.29, 0.717) is 26.9 Å². The van der Waals surface area contributed by atoms with Crippen molar-refractivity contribution in [3.8, 4) is 11.4 Å². The number of thioether (sulfide) groups is 2. The third-order valence-electron chi connectivity index (χ3n) is 4.84. The quantitative estimate of drug-likeness (QED) is 0.180. The number of halogens is 1. The predicted octanol–water partition coefficient (Wildman–Crippen LogP) is 4.62. The second-order valence-electron chi connectivity index (χ2n) is 7.74. The van der Waals surface area contributed by atoms with Gasteiger partial charge in [-0.1, -0.05) is 65.5 Å². The smallest absolute Gasteiger partial charge is 0.258 e. The minimum Gasteiger partial charge on any atom is -0.484 e. The van der Waals surface area contributed by atoms with Gasteiger partial charge in [-0.15, -0.1) is 20.4 Å². The Hall–Kier alpha value is -3.13. The molecule has 0 radical (unpaired) electrons. The molecular weight excluding hydrogens is 566 g/mol. The fraction of sp³-hybridized carbons (Fsp3) is 0.250. The molecule has 0 aliphatic carbocycles. The number of hydrogen-bond donors (Lipinski definition) is 2. The number of aryl methyl sites for hydroxylation is 1. The van der Waals surface area contributed by atoms with Gasteiger partial charge >= 0.3 is 0 Å². The maximum atomic E-state index is 12.5. The Bertz CT molecular complexity index is 1400. The molecule has 38 heavy (non-hydrogen) atoms. The Balaban J connectivity index is 1.40. The van der Waals surface area contributed by atoms with Crippen molar-refractivity contribution >= 4 is 63.4 Å². The number of rotatable bonds is 12. The fourth-order valence-electron chi connectivity index (χ4n) is 3.17. The molecule has 0 aliphatic heterocycles. The predicted molar refractivity (Wildman–Crippen MR) is 151 cm³/mol. The van der Waals surface area contributed by atoms with Crippen LogP contribution in [0.1, 0.15) is 18.3 Å². The van der Waals surface area contributed by atoms with Gasteiger partial charge < -0.3 is 10.1 Å². The summed E-state index contributed by atoms with van der Waals surface area (Å²) in [6, 6.07) is 14.6. The summed E-state index contributed by atoms with van der Waals surface area (Å²) >= 11 is 10.0.